The van der Waals surface area contributed by atoms with Gasteiger partial charge in [0.05, 0.1) is 19.8 Å². The van der Waals surface area contributed by atoms with E-state index in [1.165, 1.54) is 19.3 Å². The Morgan fingerprint density at radius 2 is 1.73 bits per heavy atom. The third-order valence-electron chi connectivity index (χ3n) is 8.25. The van der Waals surface area contributed by atoms with E-state index in [0.717, 1.165) is 72.9 Å². The van der Waals surface area contributed by atoms with E-state index in [2.05, 4.69) is 42.4 Å². The van der Waals surface area contributed by atoms with E-state index in [1.807, 2.05) is 48.0 Å². The largest absolute Gasteiger partial charge is 0.497 e. The first-order valence-electron chi connectivity index (χ1n) is 14.3. The summed E-state index contributed by atoms with van der Waals surface area (Å²) in [7, 11) is 1.68. The fourth-order valence-electron chi connectivity index (χ4n) is 6.16. The third-order valence-corrected chi connectivity index (χ3v) is 8.25. The number of piperazine rings is 1. The van der Waals surface area contributed by atoms with Gasteiger partial charge in [0.15, 0.2) is 5.82 Å². The van der Waals surface area contributed by atoms with E-state index in [4.69, 9.17) is 9.47 Å². The minimum atomic E-state index is -0.362. The number of benzene rings is 2. The van der Waals surface area contributed by atoms with Crippen LogP contribution >= 0.6 is 0 Å². The lowest BCUT2D eigenvalue weighted by atomic mass is 9.95. The summed E-state index contributed by atoms with van der Waals surface area (Å²) >= 11 is 0. The predicted octanol–water partition coefficient (Wildman–Crippen LogP) is 4.34. The van der Waals surface area contributed by atoms with Gasteiger partial charge < -0.3 is 19.4 Å². The number of aromatic nitrogens is 5. The molecule has 0 bridgehead atoms. The van der Waals surface area contributed by atoms with Gasteiger partial charge in [-0.3, -0.25) is 9.69 Å². The zero-order valence-electron chi connectivity index (χ0n) is 23.3. The maximum atomic E-state index is 13.6. The Labute approximate surface area is 233 Å². The molecule has 1 aliphatic carbocycles. The zero-order chi connectivity index (χ0) is 27.5. The fourth-order valence-corrected chi connectivity index (χ4v) is 6.16. The van der Waals surface area contributed by atoms with Gasteiger partial charge in [-0.1, -0.05) is 19.3 Å². The highest BCUT2D eigenvalue weighted by molar-refractivity contribution is 5.80. The number of pyridine rings is 1. The summed E-state index contributed by atoms with van der Waals surface area (Å²) in [6.45, 7) is 5.74. The molecule has 2 aliphatic rings. The Morgan fingerprint density at radius 1 is 0.975 bits per heavy atom. The molecule has 2 aromatic carbocycles. The molecule has 0 radical (unpaired) electrons. The summed E-state index contributed by atoms with van der Waals surface area (Å²) in [4.78, 5) is 21.5. The predicted molar refractivity (Wildman–Crippen MR) is 154 cm³/mol. The second-order valence-corrected chi connectivity index (χ2v) is 10.6. The molecule has 4 aromatic rings. The quantitative estimate of drug-likeness (QED) is 0.350. The van der Waals surface area contributed by atoms with Gasteiger partial charge in [0.25, 0.3) is 5.56 Å². The zero-order valence-corrected chi connectivity index (χ0v) is 23.3. The lowest BCUT2D eigenvalue weighted by Gasteiger charge is -2.40. The molecule has 10 nitrogen and oxygen atoms in total. The van der Waals surface area contributed by atoms with E-state index in [9.17, 15) is 4.79 Å². The standard InChI is InChI=1S/C30H37N7O3/c1-3-40-25-13-14-27-21(19-25)20-26(30(38)31-27)28(29-32-33-34-37(29)23-7-5-4-6-8-23)36-17-15-35(16-18-36)22-9-11-24(39-2)12-10-22/h9-14,19-20,23,28H,3-8,15-18H2,1-2H3,(H,31,38)/t28-/m0/s1. The van der Waals surface area contributed by atoms with Gasteiger partial charge in [0, 0.05) is 48.3 Å². The van der Waals surface area contributed by atoms with Gasteiger partial charge >= 0.3 is 0 Å². The molecule has 1 saturated carbocycles. The molecule has 1 N–H and O–H groups in total. The van der Waals surface area contributed by atoms with Gasteiger partial charge in [-0.2, -0.15) is 0 Å². The molecular weight excluding hydrogens is 506 g/mol. The van der Waals surface area contributed by atoms with Gasteiger partial charge in [-0.15, -0.1) is 5.10 Å². The molecule has 40 heavy (non-hydrogen) atoms. The molecule has 210 valence electrons. The number of hydrogen-bond donors (Lipinski definition) is 1. The first kappa shape index (κ1) is 26.3. The van der Waals surface area contributed by atoms with Crippen molar-refractivity contribution in [1.82, 2.24) is 30.1 Å². The molecule has 3 heterocycles. The van der Waals surface area contributed by atoms with Crippen molar-refractivity contribution in [1.29, 1.82) is 0 Å². The maximum absolute atomic E-state index is 13.6. The minimum Gasteiger partial charge on any atom is -0.497 e. The lowest BCUT2D eigenvalue weighted by Crippen LogP contribution is -2.49. The Kier molecular flexibility index (Phi) is 7.68. The number of methoxy groups -OCH3 is 1. The van der Waals surface area contributed by atoms with Crippen LogP contribution in [0.5, 0.6) is 11.5 Å². The number of ether oxygens (including phenoxy) is 2. The normalized spacial score (nSPS) is 17.7. The molecule has 6 rings (SSSR count). The Bertz CT molecular complexity index is 1490. The molecule has 0 unspecified atom stereocenters. The smallest absolute Gasteiger partial charge is 0.253 e. The first-order valence-corrected chi connectivity index (χ1v) is 14.3. The van der Waals surface area contributed by atoms with Crippen LogP contribution in [0.15, 0.2) is 53.3 Å². The minimum absolute atomic E-state index is 0.113. The number of rotatable bonds is 8. The average Bonchev–Trinajstić information content (AvgIpc) is 3.48. The Balaban J connectivity index is 1.36. The summed E-state index contributed by atoms with van der Waals surface area (Å²) < 4.78 is 13.1. The van der Waals surface area contributed by atoms with Crippen molar-refractivity contribution in [3.05, 3.63) is 70.3 Å². The molecule has 1 aliphatic heterocycles. The van der Waals surface area contributed by atoms with Crippen LogP contribution in [0, 0.1) is 0 Å². The highest BCUT2D eigenvalue weighted by Crippen LogP contribution is 2.34. The second-order valence-electron chi connectivity index (χ2n) is 10.6. The van der Waals surface area contributed by atoms with Gasteiger partial charge in [-0.25, -0.2) is 4.68 Å². The maximum Gasteiger partial charge on any atom is 0.253 e. The molecular formula is C30H37N7O3. The van der Waals surface area contributed by atoms with E-state index in [-0.39, 0.29) is 17.6 Å². The molecule has 0 spiro atoms. The van der Waals surface area contributed by atoms with Crippen LogP contribution < -0.4 is 19.9 Å². The average molecular weight is 544 g/mol. The van der Waals surface area contributed by atoms with Gasteiger partial charge in [0.1, 0.15) is 17.5 Å². The van der Waals surface area contributed by atoms with Crippen LogP contribution in [0.25, 0.3) is 10.9 Å². The lowest BCUT2D eigenvalue weighted by molar-refractivity contribution is 0.192. The van der Waals surface area contributed by atoms with Gasteiger partial charge in [0.2, 0.25) is 0 Å². The summed E-state index contributed by atoms with van der Waals surface area (Å²) in [5.74, 6) is 2.38. The summed E-state index contributed by atoms with van der Waals surface area (Å²) in [5, 5.41) is 14.1. The topological polar surface area (TPSA) is 101 Å². The number of anilines is 1. The Hall–Kier alpha value is -3.92. The Morgan fingerprint density at radius 3 is 2.45 bits per heavy atom. The van der Waals surface area contributed by atoms with E-state index in [1.54, 1.807) is 7.11 Å². The number of hydrogen-bond acceptors (Lipinski definition) is 8. The molecule has 0 amide bonds. The molecule has 10 heteroatoms. The van der Waals surface area contributed by atoms with E-state index in [0.29, 0.717) is 12.2 Å². The number of tetrazole rings is 1. The van der Waals surface area contributed by atoms with Crippen molar-refractivity contribution in [2.24, 2.45) is 0 Å². The SMILES string of the molecule is CCOc1ccc2[nH]c(=O)c([C@@H](c3nnnn3C3CCCCC3)N3CCN(c4ccc(OC)cc4)CC3)cc2c1. The fraction of sp³-hybridized carbons (Fsp3) is 0.467. The van der Waals surface area contributed by atoms with Crippen molar-refractivity contribution >= 4 is 16.6 Å². The second kappa shape index (κ2) is 11.7. The van der Waals surface area contributed by atoms with Crippen molar-refractivity contribution < 1.29 is 9.47 Å². The number of H-pyrrole nitrogens is 1. The van der Waals surface area contributed by atoms with Crippen molar-refractivity contribution in [2.75, 3.05) is 44.8 Å². The summed E-state index contributed by atoms with van der Waals surface area (Å²) in [6.07, 6.45) is 5.71. The number of nitrogens with one attached hydrogen (secondary N) is 1. The highest BCUT2D eigenvalue weighted by Gasteiger charge is 2.34. The van der Waals surface area contributed by atoms with Crippen LogP contribution in [0.3, 0.4) is 0 Å². The van der Waals surface area contributed by atoms with Crippen LogP contribution in [0.4, 0.5) is 5.69 Å². The molecule has 1 atom stereocenters. The molecule has 2 aromatic heterocycles. The van der Waals surface area contributed by atoms with Crippen molar-refractivity contribution in [3.63, 3.8) is 0 Å². The van der Waals surface area contributed by atoms with Crippen molar-refractivity contribution in [3.8, 4) is 11.5 Å². The van der Waals surface area contributed by atoms with E-state index >= 15 is 0 Å². The number of fused-ring (bicyclic) bond motifs is 1. The number of aromatic amines is 1. The first-order chi connectivity index (χ1) is 19.6. The van der Waals surface area contributed by atoms with Gasteiger partial charge in [-0.05, 0) is 78.7 Å². The third kappa shape index (κ3) is 5.28. The van der Waals surface area contributed by atoms with Crippen LogP contribution in [0.2, 0.25) is 0 Å². The molecule has 1 saturated heterocycles. The molecule has 2 fully saturated rings. The monoisotopic (exact) mass is 543 g/mol. The van der Waals surface area contributed by atoms with Crippen LogP contribution in [-0.4, -0.2) is 70.0 Å². The van der Waals surface area contributed by atoms with Crippen LogP contribution in [-0.2, 0) is 0 Å². The van der Waals surface area contributed by atoms with E-state index < -0.39 is 0 Å². The summed E-state index contributed by atoms with van der Waals surface area (Å²) in [5.41, 5.74) is 2.49. The number of nitrogens with zero attached hydrogens (tertiary/aromatic N) is 6. The summed E-state index contributed by atoms with van der Waals surface area (Å²) in [6, 6.07) is 15.9. The highest BCUT2D eigenvalue weighted by atomic mass is 16.5. The van der Waals surface area contributed by atoms with Crippen LogP contribution in [0.1, 0.15) is 62.5 Å². The van der Waals surface area contributed by atoms with Crippen molar-refractivity contribution in [2.45, 2.75) is 51.1 Å².